The summed E-state index contributed by atoms with van der Waals surface area (Å²) in [5, 5.41) is 0.855. The molecule has 1 aliphatic heterocycles. The number of methoxy groups -OCH3 is 2. The number of nitrogens with zero attached hydrogens (tertiary/aromatic N) is 4. The highest BCUT2D eigenvalue weighted by atomic mass is 32.2. The van der Waals surface area contributed by atoms with Crippen molar-refractivity contribution in [2.45, 2.75) is 11.8 Å². The molecule has 11 heteroatoms. The number of sulfonamides is 1. The lowest BCUT2D eigenvalue weighted by molar-refractivity contribution is 0.0746. The van der Waals surface area contributed by atoms with E-state index in [0.717, 1.165) is 21.1 Å². The van der Waals surface area contributed by atoms with Crippen molar-refractivity contribution in [3.63, 3.8) is 0 Å². The lowest BCUT2D eigenvalue weighted by atomic mass is 10.2. The number of para-hydroxylation sites is 1. The molecule has 0 atom stereocenters. The van der Waals surface area contributed by atoms with Crippen molar-refractivity contribution in [3.8, 4) is 11.5 Å². The molecule has 1 aromatic heterocycles. The molecule has 0 bridgehead atoms. The van der Waals surface area contributed by atoms with Crippen LogP contribution in [0.3, 0.4) is 0 Å². The van der Waals surface area contributed by atoms with Gasteiger partial charge in [-0.3, -0.25) is 9.10 Å². The van der Waals surface area contributed by atoms with Gasteiger partial charge in [0.15, 0.2) is 5.13 Å². The van der Waals surface area contributed by atoms with E-state index in [2.05, 4.69) is 4.90 Å². The average molecular weight is 567 g/mol. The fraction of sp³-hybridized carbons (Fsp3) is 0.286. The Kier molecular flexibility index (Phi) is 7.62. The van der Waals surface area contributed by atoms with Gasteiger partial charge in [-0.25, -0.2) is 13.4 Å². The highest BCUT2D eigenvalue weighted by Gasteiger charge is 2.27. The normalized spacial score (nSPS) is 13.9. The van der Waals surface area contributed by atoms with Crippen LogP contribution in [-0.2, 0) is 10.0 Å². The van der Waals surface area contributed by atoms with E-state index >= 15 is 0 Å². The number of piperazine rings is 1. The van der Waals surface area contributed by atoms with E-state index < -0.39 is 10.0 Å². The summed E-state index contributed by atoms with van der Waals surface area (Å²) in [6, 6.07) is 18.9. The van der Waals surface area contributed by atoms with E-state index in [1.54, 1.807) is 73.8 Å². The third-order valence-electron chi connectivity index (χ3n) is 6.76. The number of hydrogen-bond donors (Lipinski definition) is 0. The Bertz CT molecular complexity index is 1520. The second-order valence-corrected chi connectivity index (χ2v) is 11.8. The van der Waals surface area contributed by atoms with Crippen LogP contribution in [0.15, 0.2) is 71.6 Å². The summed E-state index contributed by atoms with van der Waals surface area (Å²) >= 11 is 1.54. The molecule has 3 aromatic carbocycles. The van der Waals surface area contributed by atoms with Crippen LogP contribution in [0.4, 0.5) is 10.8 Å². The summed E-state index contributed by atoms with van der Waals surface area (Å²) < 4.78 is 39.8. The predicted molar refractivity (Wildman–Crippen MR) is 154 cm³/mol. The summed E-state index contributed by atoms with van der Waals surface area (Å²) in [5.74, 6) is 1.32. The molecule has 204 valence electrons. The molecule has 0 aliphatic carbocycles. The molecule has 1 amide bonds. The molecular formula is C28H30N4O5S2. The second kappa shape index (κ2) is 11.1. The maximum absolute atomic E-state index is 13.3. The molecule has 0 saturated carbocycles. The molecule has 0 N–H and O–H groups in total. The first kappa shape index (κ1) is 26.8. The number of anilines is 2. The molecule has 1 fully saturated rings. The molecule has 9 nitrogen and oxygen atoms in total. The second-order valence-electron chi connectivity index (χ2n) is 8.95. The van der Waals surface area contributed by atoms with Crippen molar-refractivity contribution in [2.24, 2.45) is 0 Å². The van der Waals surface area contributed by atoms with Gasteiger partial charge in [-0.05, 0) is 55.5 Å². The Morgan fingerprint density at radius 1 is 0.923 bits per heavy atom. The van der Waals surface area contributed by atoms with Gasteiger partial charge in [-0.2, -0.15) is 0 Å². The molecule has 5 rings (SSSR count). The molecule has 4 aromatic rings. The SMILES string of the molecule is CCN(c1ccccc1)S(=O)(=O)c1ccc(C(=O)N2CCN(c3nc4c(OC)ccc(OC)c4s3)CC2)cc1. The molecule has 2 heterocycles. The van der Waals surface area contributed by atoms with Gasteiger partial charge in [0.1, 0.15) is 21.7 Å². The van der Waals surface area contributed by atoms with Crippen LogP contribution in [0.25, 0.3) is 10.2 Å². The third-order valence-corrected chi connectivity index (χ3v) is 9.80. The molecule has 1 aliphatic rings. The van der Waals surface area contributed by atoms with Gasteiger partial charge in [-0.1, -0.05) is 29.5 Å². The minimum Gasteiger partial charge on any atom is -0.495 e. The molecule has 0 spiro atoms. The Morgan fingerprint density at radius 3 is 2.18 bits per heavy atom. The van der Waals surface area contributed by atoms with Gasteiger partial charge >= 0.3 is 0 Å². The number of carbonyl (C=O) groups excluding carboxylic acids is 1. The first-order valence-corrected chi connectivity index (χ1v) is 14.9. The summed E-state index contributed by atoms with van der Waals surface area (Å²) in [6.45, 7) is 4.41. The van der Waals surface area contributed by atoms with Crippen LogP contribution in [0.2, 0.25) is 0 Å². The van der Waals surface area contributed by atoms with Crippen molar-refractivity contribution in [1.82, 2.24) is 9.88 Å². The van der Waals surface area contributed by atoms with Crippen LogP contribution in [-0.4, -0.2) is 71.2 Å². The smallest absolute Gasteiger partial charge is 0.264 e. The number of carbonyl (C=O) groups is 1. The Balaban J connectivity index is 1.27. The number of aromatic nitrogens is 1. The number of benzene rings is 3. The number of fused-ring (bicyclic) bond motifs is 1. The van der Waals surface area contributed by atoms with E-state index in [1.165, 1.54) is 16.4 Å². The lowest BCUT2D eigenvalue weighted by Gasteiger charge is -2.34. The summed E-state index contributed by atoms with van der Waals surface area (Å²) in [4.78, 5) is 22.1. The Morgan fingerprint density at radius 2 is 1.56 bits per heavy atom. The topological polar surface area (TPSA) is 92.3 Å². The standard InChI is InChI=1S/C28H30N4O5S2/c1-4-32(21-8-6-5-7-9-21)39(34,35)22-12-10-20(11-13-22)27(33)30-16-18-31(19-17-30)28-29-25-23(36-2)14-15-24(37-3)26(25)38-28/h5-15H,4,16-19H2,1-3H3. The minimum atomic E-state index is -3.75. The van der Waals surface area contributed by atoms with Crippen LogP contribution >= 0.6 is 11.3 Å². The number of hydrogen-bond acceptors (Lipinski definition) is 8. The minimum absolute atomic E-state index is 0.123. The highest BCUT2D eigenvalue weighted by molar-refractivity contribution is 7.92. The first-order chi connectivity index (χ1) is 18.9. The average Bonchev–Trinajstić information content (AvgIpc) is 3.43. The van der Waals surface area contributed by atoms with Crippen molar-refractivity contribution in [1.29, 1.82) is 0 Å². The molecule has 1 saturated heterocycles. The van der Waals surface area contributed by atoms with Gasteiger partial charge < -0.3 is 19.3 Å². The summed E-state index contributed by atoms with van der Waals surface area (Å²) in [5.41, 5.74) is 1.82. The van der Waals surface area contributed by atoms with Gasteiger partial charge in [-0.15, -0.1) is 0 Å². The van der Waals surface area contributed by atoms with Crippen LogP contribution in [0, 0.1) is 0 Å². The van der Waals surface area contributed by atoms with Crippen molar-refractivity contribution in [3.05, 3.63) is 72.3 Å². The van der Waals surface area contributed by atoms with Gasteiger partial charge in [0, 0.05) is 38.3 Å². The van der Waals surface area contributed by atoms with E-state index in [-0.39, 0.29) is 10.8 Å². The molecule has 0 radical (unpaired) electrons. The van der Waals surface area contributed by atoms with Crippen LogP contribution in [0.5, 0.6) is 11.5 Å². The largest absolute Gasteiger partial charge is 0.495 e. The lowest BCUT2D eigenvalue weighted by Crippen LogP contribution is -2.48. The third kappa shape index (κ3) is 5.11. The molecular weight excluding hydrogens is 536 g/mol. The van der Waals surface area contributed by atoms with E-state index in [1.807, 2.05) is 18.2 Å². The highest BCUT2D eigenvalue weighted by Crippen LogP contribution is 2.40. The van der Waals surface area contributed by atoms with Gasteiger partial charge in [0.2, 0.25) is 0 Å². The summed E-state index contributed by atoms with van der Waals surface area (Å²) in [7, 11) is -0.497. The maximum atomic E-state index is 13.3. The number of ether oxygens (including phenoxy) is 2. The van der Waals surface area contributed by atoms with E-state index in [0.29, 0.717) is 49.7 Å². The fourth-order valence-corrected chi connectivity index (χ4v) is 7.27. The Labute approximate surface area is 232 Å². The van der Waals surface area contributed by atoms with E-state index in [4.69, 9.17) is 14.5 Å². The number of thiazole rings is 1. The quantitative estimate of drug-likeness (QED) is 0.310. The molecule has 39 heavy (non-hydrogen) atoms. The Hall–Kier alpha value is -3.83. The zero-order chi connectivity index (χ0) is 27.6. The van der Waals surface area contributed by atoms with Crippen LogP contribution in [0.1, 0.15) is 17.3 Å². The maximum Gasteiger partial charge on any atom is 0.264 e. The zero-order valence-corrected chi connectivity index (χ0v) is 23.7. The first-order valence-electron chi connectivity index (χ1n) is 12.6. The van der Waals surface area contributed by atoms with Crippen molar-refractivity contribution < 1.29 is 22.7 Å². The van der Waals surface area contributed by atoms with Crippen molar-refractivity contribution >= 4 is 48.3 Å². The van der Waals surface area contributed by atoms with Gasteiger partial charge in [0.25, 0.3) is 15.9 Å². The predicted octanol–water partition coefficient (Wildman–Crippen LogP) is 4.49. The number of rotatable bonds is 8. The van der Waals surface area contributed by atoms with Gasteiger partial charge in [0.05, 0.1) is 24.8 Å². The molecule has 0 unspecified atom stereocenters. The summed E-state index contributed by atoms with van der Waals surface area (Å²) in [6.07, 6.45) is 0. The zero-order valence-electron chi connectivity index (χ0n) is 22.0. The van der Waals surface area contributed by atoms with Crippen molar-refractivity contribution in [2.75, 3.05) is 56.1 Å². The number of amides is 1. The fourth-order valence-electron chi connectivity index (χ4n) is 4.68. The monoisotopic (exact) mass is 566 g/mol. The van der Waals surface area contributed by atoms with Crippen LogP contribution < -0.4 is 18.7 Å². The van der Waals surface area contributed by atoms with E-state index in [9.17, 15) is 13.2 Å².